The first-order valence-electron chi connectivity index (χ1n) is 9.99. The van der Waals surface area contributed by atoms with Crippen molar-refractivity contribution in [2.75, 3.05) is 7.11 Å². The van der Waals surface area contributed by atoms with Crippen LogP contribution in [0.25, 0.3) is 0 Å². The molecule has 1 atom stereocenters. The molecule has 1 aliphatic rings. The van der Waals surface area contributed by atoms with Crippen LogP contribution in [0.5, 0.6) is 5.88 Å². The molecule has 0 aliphatic heterocycles. The first-order valence-corrected chi connectivity index (χ1v) is 9.99. The molecule has 2 heterocycles. The number of nitrogens with zero attached hydrogens (tertiary/aromatic N) is 2. The minimum Gasteiger partial charge on any atom is -0.481 e. The molecule has 6 heteroatoms. The number of methoxy groups -OCH3 is 1. The highest BCUT2D eigenvalue weighted by Crippen LogP contribution is 2.37. The lowest BCUT2D eigenvalue weighted by molar-refractivity contribution is 0.0909. The van der Waals surface area contributed by atoms with Crippen LogP contribution in [0.15, 0.2) is 41.5 Å². The van der Waals surface area contributed by atoms with E-state index in [2.05, 4.69) is 23.3 Å². The molecule has 6 nitrogen and oxygen atoms in total. The largest absolute Gasteiger partial charge is 0.481 e. The summed E-state index contributed by atoms with van der Waals surface area (Å²) in [5.41, 5.74) is 1.74. The standard InChI is InChI=1S/C22H29N3O3/c1-4-19(24-22(27)18-9-10-20(28-3)23-14-18)16-7-5-15(6-8-16)17-11-12-25(2)21(26)13-17/h9-16,19H,4-8H2,1-3H3,(H,24,27)/t15-,16-,19-/m0/s1. The number of rotatable bonds is 6. The summed E-state index contributed by atoms with van der Waals surface area (Å²) in [5.74, 6) is 1.31. The first kappa shape index (κ1) is 20.1. The van der Waals surface area contributed by atoms with Gasteiger partial charge in [-0.2, -0.15) is 0 Å². The average molecular weight is 383 g/mol. The van der Waals surface area contributed by atoms with Gasteiger partial charge >= 0.3 is 0 Å². The third kappa shape index (κ3) is 4.61. The second kappa shape index (κ2) is 9.04. The van der Waals surface area contributed by atoms with Crippen molar-refractivity contribution >= 4 is 5.91 Å². The second-order valence-electron chi connectivity index (χ2n) is 7.60. The third-order valence-electron chi connectivity index (χ3n) is 5.90. The normalized spacial score (nSPS) is 20.4. The zero-order valence-corrected chi connectivity index (χ0v) is 16.9. The fraction of sp³-hybridized carbons (Fsp3) is 0.500. The Hall–Kier alpha value is -2.63. The summed E-state index contributed by atoms with van der Waals surface area (Å²) >= 11 is 0. The van der Waals surface area contributed by atoms with Gasteiger partial charge in [-0.15, -0.1) is 0 Å². The Labute approximate surface area is 165 Å². The number of carbonyl (C=O) groups excluding carboxylic acids is 1. The summed E-state index contributed by atoms with van der Waals surface area (Å²) in [6, 6.07) is 7.41. The molecule has 2 aromatic rings. The quantitative estimate of drug-likeness (QED) is 0.831. The summed E-state index contributed by atoms with van der Waals surface area (Å²) in [7, 11) is 3.33. The van der Waals surface area contributed by atoms with Gasteiger partial charge in [-0.25, -0.2) is 4.98 Å². The summed E-state index contributed by atoms with van der Waals surface area (Å²) in [6.07, 6.45) is 8.51. The lowest BCUT2D eigenvalue weighted by Gasteiger charge is -2.34. The van der Waals surface area contributed by atoms with E-state index in [0.717, 1.165) is 37.7 Å². The van der Waals surface area contributed by atoms with Gasteiger partial charge in [-0.05, 0) is 61.6 Å². The van der Waals surface area contributed by atoms with E-state index in [1.54, 1.807) is 43.1 Å². The maximum Gasteiger partial charge on any atom is 0.253 e. The highest BCUT2D eigenvalue weighted by Gasteiger charge is 2.28. The van der Waals surface area contributed by atoms with E-state index >= 15 is 0 Å². The van der Waals surface area contributed by atoms with E-state index in [-0.39, 0.29) is 17.5 Å². The van der Waals surface area contributed by atoms with Crippen molar-refractivity contribution in [2.24, 2.45) is 13.0 Å². The van der Waals surface area contributed by atoms with Gasteiger partial charge in [-0.1, -0.05) is 6.92 Å². The van der Waals surface area contributed by atoms with Crippen LogP contribution in [0.1, 0.15) is 60.9 Å². The minimum absolute atomic E-state index is 0.0476. The van der Waals surface area contributed by atoms with Crippen LogP contribution in [-0.4, -0.2) is 28.6 Å². The van der Waals surface area contributed by atoms with Crippen LogP contribution in [0.4, 0.5) is 0 Å². The molecular formula is C22H29N3O3. The minimum atomic E-state index is -0.0873. The zero-order valence-electron chi connectivity index (χ0n) is 16.9. The first-order chi connectivity index (χ1) is 13.5. The molecule has 1 amide bonds. The molecule has 0 unspecified atom stereocenters. The Balaban J connectivity index is 1.58. The molecule has 0 radical (unpaired) electrons. The smallest absolute Gasteiger partial charge is 0.253 e. The van der Waals surface area contributed by atoms with E-state index < -0.39 is 0 Å². The summed E-state index contributed by atoms with van der Waals surface area (Å²) < 4.78 is 6.65. The van der Waals surface area contributed by atoms with Crippen LogP contribution in [0, 0.1) is 5.92 Å². The lowest BCUT2D eigenvalue weighted by atomic mass is 9.75. The van der Waals surface area contributed by atoms with Crippen LogP contribution < -0.4 is 15.6 Å². The Morgan fingerprint density at radius 1 is 1.29 bits per heavy atom. The maximum absolute atomic E-state index is 12.6. The number of aromatic nitrogens is 2. The predicted molar refractivity (Wildman–Crippen MR) is 109 cm³/mol. The van der Waals surface area contributed by atoms with Gasteiger partial charge in [0.05, 0.1) is 12.7 Å². The van der Waals surface area contributed by atoms with Crippen molar-refractivity contribution in [1.82, 2.24) is 14.9 Å². The van der Waals surface area contributed by atoms with Crippen molar-refractivity contribution in [1.29, 1.82) is 0 Å². The molecule has 3 rings (SSSR count). The summed E-state index contributed by atoms with van der Waals surface area (Å²) in [4.78, 5) is 28.6. The molecule has 0 bridgehead atoms. The van der Waals surface area contributed by atoms with E-state index in [4.69, 9.17) is 4.74 Å². The second-order valence-corrected chi connectivity index (χ2v) is 7.60. The highest BCUT2D eigenvalue weighted by molar-refractivity contribution is 5.94. The molecule has 150 valence electrons. The zero-order chi connectivity index (χ0) is 20.1. The molecular weight excluding hydrogens is 354 g/mol. The van der Waals surface area contributed by atoms with Gasteiger partial charge in [0.1, 0.15) is 0 Å². The van der Waals surface area contributed by atoms with Crippen LogP contribution in [0.2, 0.25) is 0 Å². The third-order valence-corrected chi connectivity index (χ3v) is 5.90. The van der Waals surface area contributed by atoms with E-state index in [0.29, 0.717) is 23.3 Å². The van der Waals surface area contributed by atoms with Crippen molar-refractivity contribution in [2.45, 2.75) is 51.0 Å². The van der Waals surface area contributed by atoms with Crippen molar-refractivity contribution in [3.8, 4) is 5.88 Å². The van der Waals surface area contributed by atoms with Gasteiger partial charge in [0, 0.05) is 37.6 Å². The van der Waals surface area contributed by atoms with Crippen LogP contribution in [-0.2, 0) is 7.05 Å². The number of pyridine rings is 2. The summed E-state index contributed by atoms with van der Waals surface area (Å²) in [6.45, 7) is 2.12. The number of ether oxygens (including phenoxy) is 1. The SMILES string of the molecule is CC[C@H](NC(=O)c1ccc(OC)nc1)[C@H]1CC[C@H](c2ccn(C)c(=O)c2)CC1. The van der Waals surface area contributed by atoms with E-state index in [1.807, 2.05) is 6.20 Å². The Morgan fingerprint density at radius 3 is 2.61 bits per heavy atom. The number of amides is 1. The summed E-state index contributed by atoms with van der Waals surface area (Å²) in [5, 5.41) is 3.19. The maximum atomic E-state index is 12.6. The molecule has 1 aliphatic carbocycles. The fourth-order valence-electron chi connectivity index (χ4n) is 4.11. The van der Waals surface area contributed by atoms with E-state index in [1.165, 1.54) is 0 Å². The number of hydrogen-bond acceptors (Lipinski definition) is 4. The van der Waals surface area contributed by atoms with Gasteiger partial charge in [0.2, 0.25) is 5.88 Å². The molecule has 0 aromatic carbocycles. The van der Waals surface area contributed by atoms with Crippen LogP contribution >= 0.6 is 0 Å². The molecule has 0 spiro atoms. The molecule has 1 fully saturated rings. The Morgan fingerprint density at radius 2 is 2.04 bits per heavy atom. The van der Waals surface area contributed by atoms with Crippen molar-refractivity contribution in [3.05, 3.63) is 58.1 Å². The van der Waals surface area contributed by atoms with Crippen LogP contribution in [0.3, 0.4) is 0 Å². The monoisotopic (exact) mass is 383 g/mol. The van der Waals surface area contributed by atoms with Crippen molar-refractivity contribution < 1.29 is 9.53 Å². The van der Waals surface area contributed by atoms with Gasteiger partial charge < -0.3 is 14.6 Å². The predicted octanol–water partition coefficient (Wildman–Crippen LogP) is 3.27. The fourth-order valence-corrected chi connectivity index (χ4v) is 4.11. The number of nitrogens with one attached hydrogen (secondary N) is 1. The molecule has 1 N–H and O–H groups in total. The lowest BCUT2D eigenvalue weighted by Crippen LogP contribution is -2.41. The Bertz CT molecular complexity index is 852. The number of carbonyl (C=O) groups is 1. The number of aryl methyl sites for hydroxylation is 1. The Kier molecular flexibility index (Phi) is 6.49. The van der Waals surface area contributed by atoms with Gasteiger partial charge in [0.25, 0.3) is 11.5 Å². The number of hydrogen-bond donors (Lipinski definition) is 1. The van der Waals surface area contributed by atoms with Gasteiger partial charge in [0.15, 0.2) is 0 Å². The molecule has 2 aromatic heterocycles. The molecule has 28 heavy (non-hydrogen) atoms. The average Bonchev–Trinajstić information content (AvgIpc) is 2.74. The highest BCUT2D eigenvalue weighted by atomic mass is 16.5. The van der Waals surface area contributed by atoms with E-state index in [9.17, 15) is 9.59 Å². The molecule has 0 saturated heterocycles. The van der Waals surface area contributed by atoms with Crippen molar-refractivity contribution in [3.63, 3.8) is 0 Å². The topological polar surface area (TPSA) is 73.2 Å². The van der Waals surface area contributed by atoms with Gasteiger partial charge in [-0.3, -0.25) is 9.59 Å². The molecule has 1 saturated carbocycles.